The van der Waals surface area contributed by atoms with E-state index in [2.05, 4.69) is 6.92 Å². The number of nitrogens with zero attached hydrogens (tertiary/aromatic N) is 2. The van der Waals surface area contributed by atoms with Gasteiger partial charge >= 0.3 is 0 Å². The molecule has 2 amide bonds. The lowest BCUT2D eigenvalue weighted by molar-refractivity contribution is -0.132. The fraction of sp³-hybridized carbons (Fsp3) is 0.579. The Morgan fingerprint density at radius 3 is 2.52 bits per heavy atom. The molecule has 0 aliphatic carbocycles. The van der Waals surface area contributed by atoms with Crippen LogP contribution in [0.2, 0.25) is 0 Å². The number of benzene rings is 1. The summed E-state index contributed by atoms with van der Waals surface area (Å²) in [7, 11) is 0. The topological polar surface area (TPSA) is 59.1 Å². The maximum Gasteiger partial charge on any atom is 0.224 e. The number of hydrogen-bond acceptors (Lipinski definition) is 4. The van der Waals surface area contributed by atoms with Crippen LogP contribution in [0, 0.1) is 5.92 Å². The van der Waals surface area contributed by atoms with Crippen LogP contribution in [0.5, 0.6) is 11.5 Å². The van der Waals surface area contributed by atoms with Gasteiger partial charge in [0.25, 0.3) is 0 Å². The van der Waals surface area contributed by atoms with Crippen LogP contribution in [-0.2, 0) is 9.59 Å². The van der Waals surface area contributed by atoms with Gasteiger partial charge in [-0.3, -0.25) is 9.59 Å². The Labute approximate surface area is 148 Å². The first-order chi connectivity index (χ1) is 12.0. The Morgan fingerprint density at radius 2 is 1.84 bits per heavy atom. The predicted molar refractivity (Wildman–Crippen MR) is 95.1 cm³/mol. The molecule has 0 aromatic heterocycles. The normalized spacial score (nSPS) is 17.3. The van der Waals surface area contributed by atoms with Gasteiger partial charge in [-0.1, -0.05) is 6.92 Å². The molecule has 0 saturated carbocycles. The number of anilines is 1. The van der Waals surface area contributed by atoms with Crippen molar-refractivity contribution in [3.8, 4) is 11.5 Å². The summed E-state index contributed by atoms with van der Waals surface area (Å²) >= 11 is 0. The Bertz CT molecular complexity index is 638. The first kappa shape index (κ1) is 17.6. The zero-order valence-corrected chi connectivity index (χ0v) is 15.0. The molecule has 1 saturated heterocycles. The third-order valence-corrected chi connectivity index (χ3v) is 4.90. The lowest BCUT2D eigenvalue weighted by Gasteiger charge is -2.31. The lowest BCUT2D eigenvalue weighted by atomic mass is 9.99. The number of likely N-dealkylation sites (tertiary alicyclic amines) is 1. The summed E-state index contributed by atoms with van der Waals surface area (Å²) < 4.78 is 11.1. The minimum atomic E-state index is -0.0863. The second-order valence-electron chi connectivity index (χ2n) is 6.81. The van der Waals surface area contributed by atoms with Crippen LogP contribution in [-0.4, -0.2) is 49.6 Å². The van der Waals surface area contributed by atoms with Crippen LogP contribution in [0.25, 0.3) is 0 Å². The van der Waals surface area contributed by atoms with Crippen molar-refractivity contribution in [2.75, 3.05) is 37.7 Å². The molecule has 136 valence electrons. The van der Waals surface area contributed by atoms with E-state index in [1.54, 1.807) is 4.90 Å². The smallest absolute Gasteiger partial charge is 0.224 e. The number of carbonyl (C=O) groups is 2. The van der Waals surface area contributed by atoms with Crippen molar-refractivity contribution in [1.82, 2.24) is 4.90 Å². The molecule has 6 nitrogen and oxygen atoms in total. The first-order valence-electron chi connectivity index (χ1n) is 9.00. The van der Waals surface area contributed by atoms with Crippen molar-refractivity contribution in [2.45, 2.75) is 33.1 Å². The molecule has 2 aliphatic heterocycles. The molecular weight excluding hydrogens is 320 g/mol. The zero-order valence-electron chi connectivity index (χ0n) is 15.0. The molecule has 25 heavy (non-hydrogen) atoms. The van der Waals surface area contributed by atoms with Gasteiger partial charge in [0, 0.05) is 44.7 Å². The van der Waals surface area contributed by atoms with Gasteiger partial charge in [-0.25, -0.2) is 0 Å². The highest BCUT2D eigenvalue weighted by atomic mass is 16.6. The Kier molecular flexibility index (Phi) is 5.46. The van der Waals surface area contributed by atoms with E-state index in [9.17, 15) is 9.59 Å². The number of piperidine rings is 1. The van der Waals surface area contributed by atoms with Crippen LogP contribution in [0.3, 0.4) is 0 Å². The summed E-state index contributed by atoms with van der Waals surface area (Å²) in [5, 5.41) is 0. The van der Waals surface area contributed by atoms with Crippen molar-refractivity contribution < 1.29 is 19.1 Å². The van der Waals surface area contributed by atoms with Gasteiger partial charge in [0.1, 0.15) is 13.2 Å². The standard InChI is InChI=1S/C19H26N2O4/c1-14-5-8-20(9-6-14)19(23)7-10-21(15(2)22)16-3-4-17-18(13-16)25-12-11-24-17/h3-4,13-14H,5-12H2,1-2H3. The molecule has 2 heterocycles. The highest BCUT2D eigenvalue weighted by molar-refractivity contribution is 5.92. The molecule has 2 aliphatic rings. The van der Waals surface area contributed by atoms with E-state index in [0.29, 0.717) is 43.6 Å². The largest absolute Gasteiger partial charge is 0.486 e. The molecule has 0 atom stereocenters. The van der Waals surface area contributed by atoms with E-state index in [-0.39, 0.29) is 11.8 Å². The fourth-order valence-corrected chi connectivity index (χ4v) is 3.29. The van der Waals surface area contributed by atoms with Crippen LogP contribution < -0.4 is 14.4 Å². The quantitative estimate of drug-likeness (QED) is 0.840. The van der Waals surface area contributed by atoms with E-state index >= 15 is 0 Å². The van der Waals surface area contributed by atoms with Crippen molar-refractivity contribution in [3.05, 3.63) is 18.2 Å². The first-order valence-corrected chi connectivity index (χ1v) is 9.00. The van der Waals surface area contributed by atoms with E-state index in [1.165, 1.54) is 6.92 Å². The summed E-state index contributed by atoms with van der Waals surface area (Å²) in [6.45, 7) is 6.80. The second kappa shape index (κ2) is 7.76. The van der Waals surface area contributed by atoms with Gasteiger partial charge in [-0.05, 0) is 30.9 Å². The number of carbonyl (C=O) groups excluding carboxylic acids is 2. The minimum Gasteiger partial charge on any atom is -0.486 e. The Hall–Kier alpha value is -2.24. The van der Waals surface area contributed by atoms with Crippen LogP contribution in [0.4, 0.5) is 5.69 Å². The maximum atomic E-state index is 12.4. The summed E-state index contributed by atoms with van der Waals surface area (Å²) in [6.07, 6.45) is 2.46. The molecule has 0 N–H and O–H groups in total. The predicted octanol–water partition coefficient (Wildman–Crippen LogP) is 2.46. The molecule has 0 spiro atoms. The highest BCUT2D eigenvalue weighted by Crippen LogP contribution is 2.34. The van der Waals surface area contributed by atoms with E-state index in [1.807, 2.05) is 23.1 Å². The van der Waals surface area contributed by atoms with E-state index in [0.717, 1.165) is 31.6 Å². The Balaban J connectivity index is 1.63. The third-order valence-electron chi connectivity index (χ3n) is 4.90. The Morgan fingerprint density at radius 1 is 1.16 bits per heavy atom. The van der Waals surface area contributed by atoms with Crippen molar-refractivity contribution in [3.63, 3.8) is 0 Å². The lowest BCUT2D eigenvalue weighted by Crippen LogP contribution is -2.40. The van der Waals surface area contributed by atoms with Crippen molar-refractivity contribution in [1.29, 1.82) is 0 Å². The second-order valence-corrected chi connectivity index (χ2v) is 6.81. The van der Waals surface area contributed by atoms with Crippen molar-refractivity contribution >= 4 is 17.5 Å². The zero-order chi connectivity index (χ0) is 17.8. The molecule has 0 radical (unpaired) electrons. The monoisotopic (exact) mass is 346 g/mol. The fourth-order valence-electron chi connectivity index (χ4n) is 3.29. The van der Waals surface area contributed by atoms with Crippen LogP contribution in [0.1, 0.15) is 33.1 Å². The van der Waals surface area contributed by atoms with Gasteiger partial charge in [-0.2, -0.15) is 0 Å². The number of ether oxygens (including phenoxy) is 2. The van der Waals surface area contributed by atoms with Gasteiger partial charge in [0.05, 0.1) is 0 Å². The third kappa shape index (κ3) is 4.24. The average molecular weight is 346 g/mol. The van der Waals surface area contributed by atoms with Gasteiger partial charge in [0.2, 0.25) is 11.8 Å². The van der Waals surface area contributed by atoms with Crippen molar-refractivity contribution in [2.24, 2.45) is 5.92 Å². The number of rotatable bonds is 4. The summed E-state index contributed by atoms with van der Waals surface area (Å²) in [6, 6.07) is 5.46. The average Bonchev–Trinajstić information content (AvgIpc) is 2.62. The van der Waals surface area contributed by atoms with Gasteiger partial charge in [-0.15, -0.1) is 0 Å². The number of fused-ring (bicyclic) bond motifs is 1. The molecule has 6 heteroatoms. The molecule has 1 fully saturated rings. The minimum absolute atomic E-state index is 0.0863. The number of amides is 2. The van der Waals surface area contributed by atoms with E-state index in [4.69, 9.17) is 9.47 Å². The molecule has 0 unspecified atom stereocenters. The highest BCUT2D eigenvalue weighted by Gasteiger charge is 2.22. The molecule has 0 bridgehead atoms. The SMILES string of the molecule is CC(=O)N(CCC(=O)N1CCC(C)CC1)c1ccc2c(c1)OCCO2. The summed E-state index contributed by atoms with van der Waals surface area (Å²) in [5.41, 5.74) is 0.733. The maximum absolute atomic E-state index is 12.4. The summed E-state index contributed by atoms with van der Waals surface area (Å²) in [5.74, 6) is 2.06. The van der Waals surface area contributed by atoms with E-state index < -0.39 is 0 Å². The van der Waals surface area contributed by atoms with Gasteiger partial charge in [0.15, 0.2) is 11.5 Å². The molecular formula is C19H26N2O4. The van der Waals surface area contributed by atoms with Crippen LogP contribution >= 0.6 is 0 Å². The molecule has 1 aromatic carbocycles. The number of hydrogen-bond donors (Lipinski definition) is 0. The van der Waals surface area contributed by atoms with Crippen LogP contribution in [0.15, 0.2) is 18.2 Å². The summed E-state index contributed by atoms with van der Waals surface area (Å²) in [4.78, 5) is 28.1. The molecule has 1 aromatic rings. The van der Waals surface area contributed by atoms with Gasteiger partial charge < -0.3 is 19.3 Å². The molecule has 3 rings (SSSR count).